The maximum Gasteiger partial charge on any atom is 0.313 e. The van der Waals surface area contributed by atoms with Crippen LogP contribution in [0.25, 0.3) is 0 Å². The Kier molecular flexibility index (Phi) is 7.88. The van der Waals surface area contributed by atoms with Gasteiger partial charge >= 0.3 is 5.97 Å². The molecule has 1 aromatic carbocycles. The van der Waals surface area contributed by atoms with Gasteiger partial charge < -0.3 is 14.8 Å². The van der Waals surface area contributed by atoms with Crippen molar-refractivity contribution >= 4 is 23.3 Å². The van der Waals surface area contributed by atoms with Gasteiger partial charge in [0.1, 0.15) is 11.5 Å². The number of carbonyl (C=O) groups excluding carboxylic acids is 3. The molecule has 0 unspecified atom stereocenters. The van der Waals surface area contributed by atoms with E-state index in [-0.39, 0.29) is 46.1 Å². The highest BCUT2D eigenvalue weighted by molar-refractivity contribution is 5.93. The number of amides is 1. The van der Waals surface area contributed by atoms with Crippen molar-refractivity contribution in [1.82, 2.24) is 0 Å². The Morgan fingerprint density at radius 2 is 1.62 bits per heavy atom. The number of allylic oxidation sites excluding steroid dienone is 2. The average molecular weight is 618 g/mol. The maximum atomic E-state index is 14.3. The van der Waals surface area contributed by atoms with Crippen LogP contribution in [-0.4, -0.2) is 31.4 Å². The van der Waals surface area contributed by atoms with Crippen molar-refractivity contribution in [2.75, 3.05) is 19.0 Å². The molecule has 5 aliphatic carbocycles. The second-order valence-corrected chi connectivity index (χ2v) is 16.8. The Balaban J connectivity index is 1.28. The smallest absolute Gasteiger partial charge is 0.313 e. The molecule has 1 amide bonds. The number of benzene rings is 1. The number of carbonyl (C=O) groups is 3. The molecule has 1 N–H and O–H groups in total. The van der Waals surface area contributed by atoms with E-state index in [0.717, 1.165) is 51.4 Å². The van der Waals surface area contributed by atoms with Crippen LogP contribution in [0.2, 0.25) is 0 Å². The third-order valence-corrected chi connectivity index (χ3v) is 14.9. The van der Waals surface area contributed by atoms with Crippen molar-refractivity contribution in [1.29, 1.82) is 0 Å². The Labute approximate surface area is 270 Å². The minimum absolute atomic E-state index is 0.0129. The molecule has 45 heavy (non-hydrogen) atoms. The molecule has 6 rings (SSSR count). The van der Waals surface area contributed by atoms with Gasteiger partial charge in [-0.1, -0.05) is 60.1 Å². The van der Waals surface area contributed by atoms with Gasteiger partial charge in [0.15, 0.2) is 6.61 Å². The summed E-state index contributed by atoms with van der Waals surface area (Å²) >= 11 is 0. The lowest BCUT2D eigenvalue weighted by Gasteiger charge is -2.70. The summed E-state index contributed by atoms with van der Waals surface area (Å²) in [5.41, 5.74) is 1.49. The number of methoxy groups -OCH3 is 1. The molecule has 0 aromatic heterocycles. The molecule has 246 valence electrons. The second-order valence-electron chi connectivity index (χ2n) is 16.8. The summed E-state index contributed by atoms with van der Waals surface area (Å²) in [4.78, 5) is 40.2. The number of hydrogen-bond acceptors (Lipinski definition) is 5. The fourth-order valence-corrected chi connectivity index (χ4v) is 11.8. The average Bonchev–Trinajstić information content (AvgIpc) is 3.00. The number of esters is 1. The van der Waals surface area contributed by atoms with E-state index in [0.29, 0.717) is 47.3 Å². The van der Waals surface area contributed by atoms with Crippen LogP contribution in [0.15, 0.2) is 35.9 Å². The van der Waals surface area contributed by atoms with Gasteiger partial charge in [0.05, 0.1) is 12.5 Å². The summed E-state index contributed by atoms with van der Waals surface area (Å²) in [5, 5.41) is 2.86. The Bertz CT molecular complexity index is 1400. The minimum Gasteiger partial charge on any atom is -0.497 e. The lowest BCUT2D eigenvalue weighted by molar-refractivity contribution is -0.192. The van der Waals surface area contributed by atoms with E-state index in [1.807, 2.05) is 0 Å². The Hall–Kier alpha value is -2.63. The molecular formula is C39H55NO5. The van der Waals surface area contributed by atoms with Gasteiger partial charge in [-0.3, -0.25) is 14.4 Å². The quantitative estimate of drug-likeness (QED) is 0.265. The number of fused-ring (bicyclic) bond motifs is 7. The van der Waals surface area contributed by atoms with E-state index in [2.05, 4.69) is 59.9 Å². The minimum atomic E-state index is -0.596. The van der Waals surface area contributed by atoms with Crippen molar-refractivity contribution < 1.29 is 23.9 Å². The number of anilines is 1. The van der Waals surface area contributed by atoms with Crippen molar-refractivity contribution in [3.05, 3.63) is 35.9 Å². The van der Waals surface area contributed by atoms with E-state index in [1.165, 1.54) is 5.57 Å². The number of ketones is 1. The van der Waals surface area contributed by atoms with Crippen LogP contribution in [0.5, 0.6) is 5.75 Å². The van der Waals surface area contributed by atoms with Crippen LogP contribution in [0.1, 0.15) is 106 Å². The molecule has 9 atom stereocenters. The van der Waals surface area contributed by atoms with Gasteiger partial charge in [-0.15, -0.1) is 0 Å². The fourth-order valence-electron chi connectivity index (χ4n) is 11.8. The van der Waals surface area contributed by atoms with Crippen molar-refractivity contribution in [3.63, 3.8) is 0 Å². The monoisotopic (exact) mass is 617 g/mol. The van der Waals surface area contributed by atoms with Crippen LogP contribution >= 0.6 is 0 Å². The van der Waals surface area contributed by atoms with Crippen LogP contribution < -0.4 is 10.1 Å². The van der Waals surface area contributed by atoms with Gasteiger partial charge in [0, 0.05) is 17.5 Å². The lowest BCUT2D eigenvalue weighted by Crippen LogP contribution is -2.65. The topological polar surface area (TPSA) is 81.7 Å². The van der Waals surface area contributed by atoms with E-state index in [4.69, 9.17) is 9.47 Å². The van der Waals surface area contributed by atoms with Crippen LogP contribution in [0.4, 0.5) is 5.69 Å². The van der Waals surface area contributed by atoms with Gasteiger partial charge in [-0.05, 0) is 121 Å². The van der Waals surface area contributed by atoms with E-state index >= 15 is 0 Å². The molecule has 4 saturated carbocycles. The first-order chi connectivity index (χ1) is 21.1. The molecule has 0 aliphatic heterocycles. The summed E-state index contributed by atoms with van der Waals surface area (Å²) < 4.78 is 11.1. The zero-order valence-electron chi connectivity index (χ0n) is 28.9. The van der Waals surface area contributed by atoms with Gasteiger partial charge in [0.2, 0.25) is 0 Å². The molecule has 0 spiro atoms. The van der Waals surface area contributed by atoms with Crippen molar-refractivity contribution in [3.8, 4) is 5.75 Å². The predicted octanol–water partition coefficient (Wildman–Crippen LogP) is 8.40. The van der Waals surface area contributed by atoms with E-state index in [1.54, 1.807) is 31.4 Å². The largest absolute Gasteiger partial charge is 0.497 e. The highest BCUT2D eigenvalue weighted by atomic mass is 16.5. The summed E-state index contributed by atoms with van der Waals surface area (Å²) in [5.74, 6) is 2.54. The molecule has 0 bridgehead atoms. The second kappa shape index (κ2) is 11.0. The van der Waals surface area contributed by atoms with Gasteiger partial charge in [-0.2, -0.15) is 0 Å². The Morgan fingerprint density at radius 1 is 0.911 bits per heavy atom. The number of nitrogens with one attached hydrogen (secondary N) is 1. The Morgan fingerprint density at radius 3 is 2.31 bits per heavy atom. The molecule has 6 heteroatoms. The summed E-state index contributed by atoms with van der Waals surface area (Å²) in [6.45, 7) is 16.4. The zero-order valence-corrected chi connectivity index (χ0v) is 28.9. The van der Waals surface area contributed by atoms with Crippen LogP contribution in [0, 0.1) is 56.7 Å². The molecule has 0 saturated heterocycles. The summed E-state index contributed by atoms with van der Waals surface area (Å²) in [6, 6.07) is 7.14. The molecule has 6 nitrogen and oxygen atoms in total. The van der Waals surface area contributed by atoms with E-state index < -0.39 is 5.41 Å². The number of rotatable bonds is 5. The number of ether oxygens (including phenoxy) is 2. The maximum absolute atomic E-state index is 14.3. The highest BCUT2D eigenvalue weighted by Crippen LogP contribution is 2.75. The first-order valence-electron chi connectivity index (χ1n) is 17.5. The molecule has 1 aromatic rings. The van der Waals surface area contributed by atoms with Crippen molar-refractivity contribution in [2.45, 2.75) is 106 Å². The number of hydrogen-bond donors (Lipinski definition) is 1. The molecular weight excluding hydrogens is 562 g/mol. The van der Waals surface area contributed by atoms with Crippen molar-refractivity contribution in [2.24, 2.45) is 56.7 Å². The molecule has 0 heterocycles. The summed E-state index contributed by atoms with van der Waals surface area (Å²) in [7, 11) is 1.60. The first kappa shape index (κ1) is 32.3. The normalized spacial score (nSPS) is 41.7. The standard InChI is InChI=1S/C39H55NO5/c1-24-15-20-39(34(43)45-23-32(42)40-26-9-11-27(44-8)12-10-26)22-21-37(6)28(33(39)25(24)2)13-14-30-36(5)18-17-31(41)35(3,4)29(36)16-19-38(30,37)7/h9-13,24-25,29-30,33H,14-23H2,1-8H3,(H,40,42)/t24-,25+,29+,30-,33+,36+,37-,38-,39+/m1/s1. The third kappa shape index (κ3) is 4.65. The zero-order chi connectivity index (χ0) is 32.6. The highest BCUT2D eigenvalue weighted by Gasteiger charge is 2.69. The van der Waals surface area contributed by atoms with Gasteiger partial charge in [0.25, 0.3) is 5.91 Å². The predicted molar refractivity (Wildman–Crippen MR) is 177 cm³/mol. The lowest BCUT2D eigenvalue weighted by atomic mass is 9.33. The third-order valence-electron chi connectivity index (χ3n) is 14.9. The molecule has 5 aliphatic rings. The molecule has 4 fully saturated rings. The first-order valence-corrected chi connectivity index (χ1v) is 17.5. The fraction of sp³-hybridized carbons (Fsp3) is 0.718. The van der Waals surface area contributed by atoms with Crippen LogP contribution in [0.3, 0.4) is 0 Å². The molecule has 0 radical (unpaired) electrons. The SMILES string of the molecule is COc1ccc(NC(=O)COC(=O)[C@]23CC[C@@H](C)[C@H](C)[C@H]2C2=CC[C@@H]4[C@@]5(C)CCC(=O)C(C)(C)[C@@H]5CC[C@@]4(C)[C@]2(C)CC3)cc1. The number of Topliss-reactive ketones (excluding diaryl/α,β-unsaturated/α-hetero) is 1. The van der Waals surface area contributed by atoms with Gasteiger partial charge in [-0.25, -0.2) is 0 Å². The summed E-state index contributed by atoms with van der Waals surface area (Å²) in [6.07, 6.45) is 11.0. The van der Waals surface area contributed by atoms with Crippen LogP contribution in [-0.2, 0) is 19.1 Å². The van der Waals surface area contributed by atoms with E-state index in [9.17, 15) is 14.4 Å².